The Morgan fingerprint density at radius 1 is 1.23 bits per heavy atom. The number of benzene rings is 1. The van der Waals surface area contributed by atoms with Crippen molar-refractivity contribution in [3.05, 3.63) is 36.8 Å². The summed E-state index contributed by atoms with van der Waals surface area (Å²) in [4.78, 5) is 23.1. The molecule has 2 aromatic heterocycles. The number of rotatable bonds is 4. The van der Waals surface area contributed by atoms with Crippen LogP contribution in [0.3, 0.4) is 0 Å². The molecule has 0 bridgehead atoms. The molecule has 1 fully saturated rings. The first-order chi connectivity index (χ1) is 13.9. The molecule has 4 rings (SSSR count). The number of anilines is 1. The van der Waals surface area contributed by atoms with Gasteiger partial charge in [0.05, 0.1) is 18.3 Å². The van der Waals surface area contributed by atoms with Gasteiger partial charge in [-0.3, -0.25) is 19.7 Å². The molecule has 1 amide bonds. The molecule has 7 heteroatoms. The smallest absolute Gasteiger partial charge is 0.240 e. The highest BCUT2D eigenvalue weighted by Crippen LogP contribution is 2.23. The average Bonchev–Trinajstić information content (AvgIpc) is 3.19. The molecule has 3 aromatic rings. The molecule has 3 heterocycles. The average molecular weight is 353 g/mol. The number of aryl methyl sites for hydroxylation is 1. The second-order valence-corrected chi connectivity index (χ2v) is 6.53. The zero-order valence-electron chi connectivity index (χ0n) is 17.4. The summed E-state index contributed by atoms with van der Waals surface area (Å²) < 4.78 is 23.3. The first-order valence-electron chi connectivity index (χ1n) is 10.2. The summed E-state index contributed by atoms with van der Waals surface area (Å²) >= 11 is 0. The van der Waals surface area contributed by atoms with E-state index in [2.05, 4.69) is 25.3 Å². The first kappa shape index (κ1) is 13.4. The molecular weight excluding hydrogens is 328 g/mol. The fraction of sp³-hybridized carbons (Fsp3) is 0.368. The van der Waals surface area contributed by atoms with Gasteiger partial charge in [-0.05, 0) is 37.6 Å². The fourth-order valence-corrected chi connectivity index (χ4v) is 3.22. The van der Waals surface area contributed by atoms with Crippen LogP contribution < -0.4 is 5.32 Å². The van der Waals surface area contributed by atoms with Gasteiger partial charge in [0.2, 0.25) is 11.9 Å². The van der Waals surface area contributed by atoms with Gasteiger partial charge in [0.1, 0.15) is 0 Å². The highest BCUT2D eigenvalue weighted by molar-refractivity contribution is 5.92. The normalized spacial score (nSPS) is 17.5. The number of aromatic nitrogens is 4. The van der Waals surface area contributed by atoms with Crippen LogP contribution in [0.4, 0.5) is 5.95 Å². The number of hydrogen-bond acceptors (Lipinski definition) is 5. The van der Waals surface area contributed by atoms with Gasteiger partial charge in [-0.2, -0.15) is 5.10 Å². The van der Waals surface area contributed by atoms with E-state index in [1.54, 1.807) is 6.20 Å². The monoisotopic (exact) mass is 353 g/mol. The predicted molar refractivity (Wildman–Crippen MR) is 101 cm³/mol. The van der Waals surface area contributed by atoms with Gasteiger partial charge >= 0.3 is 0 Å². The molecular formula is C19H22N6O. The van der Waals surface area contributed by atoms with Crippen LogP contribution in [0.1, 0.15) is 23.4 Å². The molecule has 0 aliphatic carbocycles. The molecule has 26 heavy (non-hydrogen) atoms. The molecule has 134 valence electrons. The Kier molecular flexibility index (Phi) is 3.72. The van der Waals surface area contributed by atoms with Crippen LogP contribution in [0.15, 0.2) is 36.8 Å². The number of fused-ring (bicyclic) bond motifs is 1. The number of amides is 1. The number of carbonyl (C=O) groups excluding carboxylic acids is 1. The Morgan fingerprint density at radius 3 is 2.92 bits per heavy atom. The van der Waals surface area contributed by atoms with Crippen molar-refractivity contribution >= 4 is 22.8 Å². The van der Waals surface area contributed by atoms with E-state index in [-0.39, 0.29) is 11.9 Å². The lowest BCUT2D eigenvalue weighted by Gasteiger charge is -2.25. The first-order valence-corrected chi connectivity index (χ1v) is 8.73. The van der Waals surface area contributed by atoms with Gasteiger partial charge in [0, 0.05) is 34.4 Å². The number of hydrogen-bond donors (Lipinski definition) is 1. The molecule has 1 aliphatic rings. The Bertz CT molecular complexity index is 1030. The van der Waals surface area contributed by atoms with Crippen molar-refractivity contribution in [2.75, 3.05) is 25.0 Å². The van der Waals surface area contributed by atoms with Gasteiger partial charge in [-0.25, -0.2) is 9.97 Å². The Balaban J connectivity index is 1.52. The van der Waals surface area contributed by atoms with Crippen molar-refractivity contribution < 1.29 is 8.91 Å². The number of nitrogens with zero attached hydrogens (tertiary/aromatic N) is 5. The third-order valence-corrected chi connectivity index (χ3v) is 4.57. The van der Waals surface area contributed by atoms with Crippen molar-refractivity contribution in [3.63, 3.8) is 0 Å². The molecule has 0 atom stereocenters. The van der Waals surface area contributed by atoms with E-state index in [4.69, 9.17) is 4.11 Å². The third-order valence-electron chi connectivity index (χ3n) is 4.57. The largest absolute Gasteiger partial charge is 0.295 e. The minimum atomic E-state index is -2.32. The summed E-state index contributed by atoms with van der Waals surface area (Å²) in [6, 6.07) is 5.55. The lowest BCUT2D eigenvalue weighted by atomic mass is 10.1. The zero-order valence-corrected chi connectivity index (χ0v) is 14.4. The van der Waals surface area contributed by atoms with Crippen molar-refractivity contribution in [2.45, 2.75) is 19.3 Å². The van der Waals surface area contributed by atoms with E-state index in [1.807, 2.05) is 18.2 Å². The van der Waals surface area contributed by atoms with Crippen LogP contribution in [0, 0.1) is 0 Å². The molecule has 7 nitrogen and oxygen atoms in total. The van der Waals surface area contributed by atoms with E-state index >= 15 is 0 Å². The van der Waals surface area contributed by atoms with Gasteiger partial charge in [-0.15, -0.1) is 0 Å². The SMILES string of the molecule is [2H]C([2H])([2H])n1cc(-c2ccc3cnc(NC(=O)CN4CCCCC4)nc3c2)cn1. The topological polar surface area (TPSA) is 75.9 Å². The second kappa shape index (κ2) is 7.21. The summed E-state index contributed by atoms with van der Waals surface area (Å²) in [6.45, 7) is -0.0859. The highest BCUT2D eigenvalue weighted by atomic mass is 16.2. The van der Waals surface area contributed by atoms with Crippen LogP contribution in [-0.4, -0.2) is 50.2 Å². The minimum Gasteiger partial charge on any atom is -0.295 e. The van der Waals surface area contributed by atoms with E-state index in [9.17, 15) is 4.79 Å². The van der Waals surface area contributed by atoms with Gasteiger partial charge in [-0.1, -0.05) is 18.6 Å². The summed E-state index contributed by atoms with van der Waals surface area (Å²) in [7, 11) is 0. The fourth-order valence-electron chi connectivity index (χ4n) is 3.22. The summed E-state index contributed by atoms with van der Waals surface area (Å²) in [5.74, 6) is 0.135. The summed E-state index contributed by atoms with van der Waals surface area (Å²) in [6.07, 6.45) is 8.13. The maximum absolute atomic E-state index is 12.3. The Hall–Kier alpha value is -2.80. The number of likely N-dealkylation sites (tertiary alicyclic amines) is 1. The van der Waals surface area contributed by atoms with Gasteiger partial charge < -0.3 is 0 Å². The Labute approximate surface area is 156 Å². The summed E-state index contributed by atoms with van der Waals surface area (Å²) in [5, 5.41) is 7.51. The van der Waals surface area contributed by atoms with Gasteiger partial charge in [0.15, 0.2) is 0 Å². The molecule has 1 aromatic carbocycles. The molecule has 0 radical (unpaired) electrons. The quantitative estimate of drug-likeness (QED) is 0.780. The van der Waals surface area contributed by atoms with Crippen LogP contribution in [0.5, 0.6) is 0 Å². The molecule has 0 spiro atoms. The van der Waals surface area contributed by atoms with Crippen LogP contribution in [0.2, 0.25) is 0 Å². The second-order valence-electron chi connectivity index (χ2n) is 6.53. The third kappa shape index (κ3) is 3.72. The van der Waals surface area contributed by atoms with Crippen LogP contribution in [-0.2, 0) is 11.8 Å². The van der Waals surface area contributed by atoms with E-state index in [0.717, 1.165) is 41.6 Å². The van der Waals surface area contributed by atoms with Crippen molar-refractivity contribution in [1.82, 2.24) is 24.6 Å². The summed E-state index contributed by atoms with van der Waals surface area (Å²) in [5.41, 5.74) is 2.13. The maximum Gasteiger partial charge on any atom is 0.240 e. The standard InChI is InChI=1S/C19H22N6O/c1-24-12-16(11-21-24)14-5-6-15-10-20-19(22-17(15)9-14)23-18(26)13-25-7-3-2-4-8-25/h5-6,9-12H,2-4,7-8,13H2,1H3,(H,20,22,23,26)/i1D3. The lowest BCUT2D eigenvalue weighted by Crippen LogP contribution is -2.37. The molecule has 1 saturated heterocycles. The number of piperidine rings is 1. The van der Waals surface area contributed by atoms with E-state index in [0.29, 0.717) is 17.6 Å². The minimum absolute atomic E-state index is 0.124. The number of nitrogens with one attached hydrogen (secondary N) is 1. The van der Waals surface area contributed by atoms with Crippen LogP contribution in [0.25, 0.3) is 22.0 Å². The van der Waals surface area contributed by atoms with Crippen molar-refractivity contribution in [1.29, 1.82) is 0 Å². The van der Waals surface area contributed by atoms with Gasteiger partial charge in [0.25, 0.3) is 0 Å². The Morgan fingerprint density at radius 2 is 2.12 bits per heavy atom. The van der Waals surface area contributed by atoms with Crippen LogP contribution >= 0.6 is 0 Å². The molecule has 0 saturated carbocycles. The molecule has 1 aliphatic heterocycles. The van der Waals surface area contributed by atoms with E-state index < -0.39 is 6.98 Å². The molecule has 1 N–H and O–H groups in total. The van der Waals surface area contributed by atoms with Crippen molar-refractivity contribution in [3.8, 4) is 11.1 Å². The number of carbonyl (C=O) groups is 1. The predicted octanol–water partition coefficient (Wildman–Crippen LogP) is 2.45. The highest BCUT2D eigenvalue weighted by Gasteiger charge is 2.14. The molecule has 0 unspecified atom stereocenters. The van der Waals surface area contributed by atoms with E-state index in [1.165, 1.54) is 18.8 Å². The zero-order chi connectivity index (χ0) is 20.4. The maximum atomic E-state index is 12.3. The lowest BCUT2D eigenvalue weighted by molar-refractivity contribution is -0.117. The van der Waals surface area contributed by atoms with Crippen molar-refractivity contribution in [2.24, 2.45) is 6.98 Å².